The molecule has 0 spiro atoms. The van der Waals surface area contributed by atoms with E-state index < -0.39 is 0 Å². The molecule has 2 aromatic rings. The predicted octanol–water partition coefficient (Wildman–Crippen LogP) is 3.75. The first-order valence-corrected chi connectivity index (χ1v) is 7.98. The number of benzene rings is 2. The molecule has 3 rings (SSSR count). The second kappa shape index (κ2) is 7.01. The van der Waals surface area contributed by atoms with Gasteiger partial charge in [-0.1, -0.05) is 18.2 Å². The maximum Gasteiger partial charge on any atom is 0.123 e. The molecule has 1 atom stereocenters. The van der Waals surface area contributed by atoms with Crippen LogP contribution in [0.15, 0.2) is 54.6 Å². The highest BCUT2D eigenvalue weighted by atomic mass is 19.1. The summed E-state index contributed by atoms with van der Waals surface area (Å²) in [6.07, 6.45) is 0.954. The average molecular weight is 315 g/mol. The van der Waals surface area contributed by atoms with Crippen LogP contribution in [0, 0.1) is 5.82 Å². The minimum absolute atomic E-state index is 0.232. The third-order valence-corrected chi connectivity index (χ3v) is 4.11. The Morgan fingerprint density at radius 3 is 2.52 bits per heavy atom. The smallest absolute Gasteiger partial charge is 0.123 e. The fourth-order valence-corrected chi connectivity index (χ4v) is 2.90. The molecule has 0 radical (unpaired) electrons. The molecule has 0 bridgehead atoms. The number of halogens is 1. The minimum atomic E-state index is -0.242. The normalized spacial score (nSPS) is 21.3. The number of para-hydroxylation sites is 1. The van der Waals surface area contributed by atoms with Crippen molar-refractivity contribution < 1.29 is 13.9 Å². The van der Waals surface area contributed by atoms with Crippen LogP contribution in [-0.4, -0.2) is 36.7 Å². The Balaban J connectivity index is 1.46. The van der Waals surface area contributed by atoms with E-state index in [9.17, 15) is 4.39 Å². The van der Waals surface area contributed by atoms with E-state index in [0.717, 1.165) is 37.6 Å². The van der Waals surface area contributed by atoms with E-state index in [0.29, 0.717) is 6.61 Å². The van der Waals surface area contributed by atoms with Crippen LogP contribution in [0.1, 0.15) is 13.3 Å². The quantitative estimate of drug-likeness (QED) is 0.810. The number of rotatable bonds is 6. The van der Waals surface area contributed by atoms with Gasteiger partial charge in [0, 0.05) is 26.1 Å². The third kappa shape index (κ3) is 4.45. The van der Waals surface area contributed by atoms with Crippen LogP contribution < -0.4 is 9.47 Å². The molecule has 4 heteroatoms. The summed E-state index contributed by atoms with van der Waals surface area (Å²) < 4.78 is 24.8. The van der Waals surface area contributed by atoms with E-state index in [1.807, 2.05) is 30.3 Å². The van der Waals surface area contributed by atoms with Gasteiger partial charge in [0.2, 0.25) is 0 Å². The lowest BCUT2D eigenvalue weighted by molar-refractivity contribution is 0.0934. The van der Waals surface area contributed by atoms with Gasteiger partial charge in [-0.05, 0) is 43.3 Å². The molecule has 0 amide bonds. The predicted molar refractivity (Wildman–Crippen MR) is 88.4 cm³/mol. The van der Waals surface area contributed by atoms with Gasteiger partial charge in [0.05, 0.1) is 0 Å². The van der Waals surface area contributed by atoms with Crippen molar-refractivity contribution in [3.05, 3.63) is 60.4 Å². The summed E-state index contributed by atoms with van der Waals surface area (Å²) >= 11 is 0. The van der Waals surface area contributed by atoms with Gasteiger partial charge in [-0.2, -0.15) is 0 Å². The lowest BCUT2D eigenvalue weighted by atomic mass is 10.1. The number of hydrogen-bond donors (Lipinski definition) is 0. The molecule has 1 fully saturated rings. The zero-order chi connectivity index (χ0) is 16.1. The van der Waals surface area contributed by atoms with E-state index in [-0.39, 0.29) is 11.4 Å². The number of likely N-dealkylation sites (tertiary alicyclic amines) is 1. The van der Waals surface area contributed by atoms with Gasteiger partial charge in [-0.3, -0.25) is 4.90 Å². The first kappa shape index (κ1) is 15.8. The van der Waals surface area contributed by atoms with E-state index in [1.165, 1.54) is 12.1 Å². The van der Waals surface area contributed by atoms with Crippen LogP contribution in [0.2, 0.25) is 0 Å². The minimum Gasteiger partial charge on any atom is -0.492 e. The molecule has 1 aliphatic rings. The molecule has 1 unspecified atom stereocenters. The second-order valence-electron chi connectivity index (χ2n) is 6.19. The van der Waals surface area contributed by atoms with Crippen molar-refractivity contribution in [2.75, 3.05) is 26.2 Å². The monoisotopic (exact) mass is 315 g/mol. The summed E-state index contributed by atoms with van der Waals surface area (Å²) in [7, 11) is 0. The van der Waals surface area contributed by atoms with E-state index >= 15 is 0 Å². The average Bonchev–Trinajstić information content (AvgIpc) is 2.92. The first-order valence-electron chi connectivity index (χ1n) is 7.98. The van der Waals surface area contributed by atoms with Crippen molar-refractivity contribution >= 4 is 0 Å². The molecule has 0 N–H and O–H groups in total. The van der Waals surface area contributed by atoms with E-state index in [2.05, 4.69) is 11.8 Å². The second-order valence-corrected chi connectivity index (χ2v) is 6.19. The van der Waals surface area contributed by atoms with Crippen molar-refractivity contribution in [3.8, 4) is 11.5 Å². The molecule has 0 saturated carbocycles. The molecule has 1 heterocycles. The highest BCUT2D eigenvalue weighted by molar-refractivity contribution is 5.23. The fourth-order valence-electron chi connectivity index (χ4n) is 2.90. The molecule has 2 aromatic carbocycles. The summed E-state index contributed by atoms with van der Waals surface area (Å²) in [6, 6.07) is 16.1. The van der Waals surface area contributed by atoms with Crippen molar-refractivity contribution in [1.29, 1.82) is 0 Å². The van der Waals surface area contributed by atoms with Crippen molar-refractivity contribution in [1.82, 2.24) is 4.90 Å². The lowest BCUT2D eigenvalue weighted by Gasteiger charge is -2.26. The van der Waals surface area contributed by atoms with E-state index in [1.54, 1.807) is 12.1 Å². The van der Waals surface area contributed by atoms with Crippen LogP contribution in [0.25, 0.3) is 0 Å². The summed E-state index contributed by atoms with van der Waals surface area (Å²) in [5, 5.41) is 0. The SMILES string of the molecule is CC1(Oc2ccc(F)cc2)CCN(CCOc2ccccc2)C1. The van der Waals surface area contributed by atoms with Crippen LogP contribution in [0.3, 0.4) is 0 Å². The summed E-state index contributed by atoms with van der Waals surface area (Å²) in [6.45, 7) is 5.47. The zero-order valence-corrected chi connectivity index (χ0v) is 13.4. The summed E-state index contributed by atoms with van der Waals surface area (Å²) in [4.78, 5) is 2.34. The Kier molecular flexibility index (Phi) is 4.82. The van der Waals surface area contributed by atoms with Gasteiger partial charge in [-0.15, -0.1) is 0 Å². The van der Waals surface area contributed by atoms with Crippen LogP contribution >= 0.6 is 0 Å². The van der Waals surface area contributed by atoms with Gasteiger partial charge < -0.3 is 9.47 Å². The first-order chi connectivity index (χ1) is 11.1. The molecule has 1 saturated heterocycles. The molecule has 1 aliphatic heterocycles. The molecule has 3 nitrogen and oxygen atoms in total. The zero-order valence-electron chi connectivity index (χ0n) is 13.4. The highest BCUT2D eigenvalue weighted by Gasteiger charge is 2.35. The Morgan fingerprint density at radius 1 is 1.04 bits per heavy atom. The van der Waals surface area contributed by atoms with Crippen molar-refractivity contribution in [2.45, 2.75) is 18.9 Å². The molecule has 0 aromatic heterocycles. The number of hydrogen-bond acceptors (Lipinski definition) is 3. The van der Waals surface area contributed by atoms with Crippen molar-refractivity contribution in [3.63, 3.8) is 0 Å². The Labute approximate surface area is 136 Å². The van der Waals surface area contributed by atoms with Gasteiger partial charge in [-0.25, -0.2) is 4.39 Å². The number of nitrogens with zero attached hydrogens (tertiary/aromatic N) is 1. The van der Waals surface area contributed by atoms with Crippen LogP contribution in [0.5, 0.6) is 11.5 Å². The Hall–Kier alpha value is -2.07. The Bertz CT molecular complexity index is 617. The van der Waals surface area contributed by atoms with Crippen LogP contribution in [0.4, 0.5) is 4.39 Å². The maximum absolute atomic E-state index is 13.0. The molecular weight excluding hydrogens is 293 g/mol. The highest BCUT2D eigenvalue weighted by Crippen LogP contribution is 2.27. The molecule has 23 heavy (non-hydrogen) atoms. The molecular formula is C19H22FNO2. The van der Waals surface area contributed by atoms with Gasteiger partial charge >= 0.3 is 0 Å². The fraction of sp³-hybridized carbons (Fsp3) is 0.368. The van der Waals surface area contributed by atoms with E-state index in [4.69, 9.17) is 9.47 Å². The van der Waals surface area contributed by atoms with Crippen LogP contribution in [-0.2, 0) is 0 Å². The maximum atomic E-state index is 13.0. The Morgan fingerprint density at radius 2 is 1.78 bits per heavy atom. The third-order valence-electron chi connectivity index (χ3n) is 4.11. The lowest BCUT2D eigenvalue weighted by Crippen LogP contribution is -2.37. The van der Waals surface area contributed by atoms with Gasteiger partial charge in [0.15, 0.2) is 0 Å². The molecule has 0 aliphatic carbocycles. The molecule has 122 valence electrons. The largest absolute Gasteiger partial charge is 0.492 e. The van der Waals surface area contributed by atoms with Gasteiger partial charge in [0.25, 0.3) is 0 Å². The number of ether oxygens (including phenoxy) is 2. The summed E-state index contributed by atoms with van der Waals surface area (Å²) in [5.41, 5.74) is -0.232. The van der Waals surface area contributed by atoms with Gasteiger partial charge in [0.1, 0.15) is 29.5 Å². The summed E-state index contributed by atoms with van der Waals surface area (Å²) in [5.74, 6) is 1.38. The standard InChI is InChI=1S/C19H22FNO2/c1-19(23-18-9-7-16(20)8-10-18)11-12-21(15-19)13-14-22-17-5-3-2-4-6-17/h2-10H,11-15H2,1H3. The van der Waals surface area contributed by atoms with Crippen molar-refractivity contribution in [2.24, 2.45) is 0 Å². The topological polar surface area (TPSA) is 21.7 Å².